The molecule has 0 fully saturated rings. The standard InChI is InChI=1S/C36H43NO6Si/c1-36(2,3)44(28-14-10-8-11-15-28,29-16-12-9-13-17-29)43-21-20-27-24-34(41-6)35(42-7)25-30(27)31(37-38)22-26-18-19-32(39-4)33(23-26)40-5/h8-19,23-25,38H,20-22H2,1-7H3/b37-31-. The van der Waals surface area contributed by atoms with Gasteiger partial charge in [-0.2, -0.15) is 0 Å². The van der Waals surface area contributed by atoms with Crippen LogP contribution in [0.15, 0.2) is 96.2 Å². The van der Waals surface area contributed by atoms with Crippen molar-refractivity contribution in [3.05, 3.63) is 108 Å². The lowest BCUT2D eigenvalue weighted by Gasteiger charge is -2.43. The zero-order valence-corrected chi connectivity index (χ0v) is 27.7. The van der Waals surface area contributed by atoms with Crippen molar-refractivity contribution in [3.8, 4) is 23.0 Å². The predicted molar refractivity (Wildman–Crippen MR) is 178 cm³/mol. The van der Waals surface area contributed by atoms with Crippen molar-refractivity contribution in [3.63, 3.8) is 0 Å². The Balaban J connectivity index is 1.73. The number of ether oxygens (including phenoxy) is 4. The lowest BCUT2D eigenvalue weighted by Crippen LogP contribution is -2.66. The van der Waals surface area contributed by atoms with Gasteiger partial charge < -0.3 is 28.6 Å². The molecule has 0 bridgehead atoms. The Bertz CT molecular complexity index is 1510. The summed E-state index contributed by atoms with van der Waals surface area (Å²) in [6.07, 6.45) is 0.917. The highest BCUT2D eigenvalue weighted by Gasteiger charge is 2.50. The Kier molecular flexibility index (Phi) is 10.7. The van der Waals surface area contributed by atoms with Gasteiger partial charge in [-0.15, -0.1) is 0 Å². The van der Waals surface area contributed by atoms with Crippen LogP contribution in [-0.2, 0) is 17.3 Å². The largest absolute Gasteiger partial charge is 0.493 e. The fraction of sp³-hybridized carbons (Fsp3) is 0.306. The van der Waals surface area contributed by atoms with Crippen LogP contribution in [0, 0.1) is 0 Å². The van der Waals surface area contributed by atoms with E-state index in [1.807, 2.05) is 42.5 Å². The zero-order chi connectivity index (χ0) is 31.7. The van der Waals surface area contributed by atoms with E-state index in [0.717, 1.165) is 16.7 Å². The minimum Gasteiger partial charge on any atom is -0.493 e. The normalized spacial score (nSPS) is 12.1. The van der Waals surface area contributed by atoms with Gasteiger partial charge in [0.05, 0.1) is 34.2 Å². The monoisotopic (exact) mass is 613 g/mol. The highest BCUT2D eigenvalue weighted by Crippen LogP contribution is 2.38. The Morgan fingerprint density at radius 2 is 1.20 bits per heavy atom. The van der Waals surface area contributed by atoms with Gasteiger partial charge in [-0.05, 0) is 57.2 Å². The first kappa shape index (κ1) is 32.6. The van der Waals surface area contributed by atoms with Gasteiger partial charge in [0.1, 0.15) is 0 Å². The third kappa shape index (κ3) is 6.77. The van der Waals surface area contributed by atoms with Crippen molar-refractivity contribution in [1.82, 2.24) is 0 Å². The zero-order valence-electron chi connectivity index (χ0n) is 26.7. The number of hydrogen-bond acceptors (Lipinski definition) is 7. The lowest BCUT2D eigenvalue weighted by atomic mass is 9.95. The van der Waals surface area contributed by atoms with Crippen molar-refractivity contribution in [2.45, 2.75) is 38.7 Å². The summed E-state index contributed by atoms with van der Waals surface area (Å²) in [5.41, 5.74) is 3.07. The molecule has 0 saturated carbocycles. The fourth-order valence-corrected chi connectivity index (χ4v) is 10.4. The number of benzene rings is 4. The van der Waals surface area contributed by atoms with Gasteiger partial charge in [0, 0.05) is 18.6 Å². The topological polar surface area (TPSA) is 78.7 Å². The third-order valence-corrected chi connectivity index (χ3v) is 13.0. The molecule has 0 aliphatic carbocycles. The Morgan fingerprint density at radius 3 is 1.70 bits per heavy atom. The van der Waals surface area contributed by atoms with E-state index in [9.17, 15) is 5.21 Å². The van der Waals surface area contributed by atoms with Gasteiger partial charge >= 0.3 is 0 Å². The smallest absolute Gasteiger partial charge is 0.261 e. The van der Waals surface area contributed by atoms with Crippen LogP contribution in [0.25, 0.3) is 0 Å². The van der Waals surface area contributed by atoms with E-state index >= 15 is 0 Å². The molecular weight excluding hydrogens is 570 g/mol. The molecule has 0 atom stereocenters. The van der Waals surface area contributed by atoms with Gasteiger partial charge in [0.15, 0.2) is 23.0 Å². The van der Waals surface area contributed by atoms with Crippen LogP contribution < -0.4 is 29.3 Å². The van der Waals surface area contributed by atoms with E-state index in [-0.39, 0.29) is 5.04 Å². The molecule has 4 aromatic rings. The molecular formula is C36H43NO6Si. The Labute approximate surface area is 262 Å². The predicted octanol–water partition coefficient (Wildman–Crippen LogP) is 6.26. The maximum absolute atomic E-state index is 10.3. The van der Waals surface area contributed by atoms with Gasteiger partial charge in [0.25, 0.3) is 8.32 Å². The molecule has 44 heavy (non-hydrogen) atoms. The molecule has 7 nitrogen and oxygen atoms in total. The molecule has 1 N–H and O–H groups in total. The van der Waals surface area contributed by atoms with E-state index in [4.69, 9.17) is 23.4 Å². The van der Waals surface area contributed by atoms with Crippen LogP contribution >= 0.6 is 0 Å². The first-order valence-electron chi connectivity index (χ1n) is 14.6. The highest BCUT2D eigenvalue weighted by atomic mass is 28.4. The third-order valence-electron chi connectivity index (χ3n) is 7.97. The Hall–Kier alpha value is -4.27. The number of oxime groups is 1. The molecule has 8 heteroatoms. The Morgan fingerprint density at radius 1 is 0.682 bits per heavy atom. The van der Waals surface area contributed by atoms with E-state index in [1.165, 1.54) is 10.4 Å². The van der Waals surface area contributed by atoms with Crippen molar-refractivity contribution in [2.75, 3.05) is 35.0 Å². The minimum atomic E-state index is -2.74. The van der Waals surface area contributed by atoms with Gasteiger partial charge in [-0.25, -0.2) is 0 Å². The molecule has 0 aliphatic rings. The van der Waals surface area contributed by atoms with E-state index in [2.05, 4.69) is 74.5 Å². The second-order valence-electron chi connectivity index (χ2n) is 11.5. The molecule has 0 aromatic heterocycles. The van der Waals surface area contributed by atoms with E-state index < -0.39 is 8.32 Å². The first-order chi connectivity index (χ1) is 21.2. The number of rotatable bonds is 13. The van der Waals surface area contributed by atoms with Crippen LogP contribution in [-0.4, -0.2) is 54.3 Å². The summed E-state index contributed by atoms with van der Waals surface area (Å²) in [6.45, 7) is 7.24. The molecule has 0 aliphatic heterocycles. The SMILES string of the molecule is COc1ccc(C/C(=N/O)c2cc(OC)c(OC)cc2CCO[Si](c2ccccc2)(c2ccccc2)C(C)(C)C)cc1OC. The summed E-state index contributed by atoms with van der Waals surface area (Å²) in [7, 11) is 3.67. The molecule has 0 spiro atoms. The lowest BCUT2D eigenvalue weighted by molar-refractivity contribution is 0.301. The number of hydrogen-bond donors (Lipinski definition) is 1. The second kappa shape index (κ2) is 14.5. The second-order valence-corrected chi connectivity index (χ2v) is 15.8. The summed E-state index contributed by atoms with van der Waals surface area (Å²) in [5, 5.41) is 16.3. The van der Waals surface area contributed by atoms with Crippen molar-refractivity contribution in [2.24, 2.45) is 5.16 Å². The van der Waals surface area contributed by atoms with E-state index in [1.54, 1.807) is 28.4 Å². The maximum Gasteiger partial charge on any atom is 0.261 e. The van der Waals surface area contributed by atoms with Crippen LogP contribution in [0.1, 0.15) is 37.5 Å². The van der Waals surface area contributed by atoms with Crippen LogP contribution in [0.4, 0.5) is 0 Å². The molecule has 4 aromatic carbocycles. The molecule has 232 valence electrons. The average Bonchev–Trinajstić information content (AvgIpc) is 3.05. The fourth-order valence-electron chi connectivity index (χ4n) is 5.84. The van der Waals surface area contributed by atoms with Crippen molar-refractivity contribution >= 4 is 24.4 Å². The summed E-state index contributed by atoms with van der Waals surface area (Å²) in [4.78, 5) is 0. The van der Waals surface area contributed by atoms with Crippen LogP contribution in [0.2, 0.25) is 5.04 Å². The molecule has 0 saturated heterocycles. The van der Waals surface area contributed by atoms with Crippen molar-refractivity contribution < 1.29 is 28.6 Å². The molecule has 0 amide bonds. The first-order valence-corrected chi connectivity index (χ1v) is 16.5. The molecule has 0 unspecified atom stereocenters. The van der Waals surface area contributed by atoms with Gasteiger partial charge in [-0.3, -0.25) is 0 Å². The summed E-state index contributed by atoms with van der Waals surface area (Å²) in [6, 6.07) is 30.6. The molecule has 0 heterocycles. The quantitative estimate of drug-likeness (QED) is 0.0830. The summed E-state index contributed by atoms with van der Waals surface area (Å²) < 4.78 is 29.4. The van der Waals surface area contributed by atoms with Gasteiger partial charge in [-0.1, -0.05) is 92.7 Å². The maximum atomic E-state index is 10.3. The van der Waals surface area contributed by atoms with Crippen LogP contribution in [0.3, 0.4) is 0 Å². The number of nitrogens with zero attached hydrogens (tertiary/aromatic N) is 1. The average molecular weight is 614 g/mol. The highest BCUT2D eigenvalue weighted by molar-refractivity contribution is 6.99. The molecule has 4 rings (SSSR count). The summed E-state index contributed by atoms with van der Waals surface area (Å²) >= 11 is 0. The van der Waals surface area contributed by atoms with E-state index in [0.29, 0.717) is 48.2 Å². The molecule has 0 radical (unpaired) electrons. The van der Waals surface area contributed by atoms with Gasteiger partial charge in [0.2, 0.25) is 0 Å². The van der Waals surface area contributed by atoms with Crippen LogP contribution in [0.5, 0.6) is 23.0 Å². The van der Waals surface area contributed by atoms with Crippen molar-refractivity contribution in [1.29, 1.82) is 0 Å². The summed E-state index contributed by atoms with van der Waals surface area (Å²) in [5.74, 6) is 2.38. The number of methoxy groups -OCH3 is 4. The minimum absolute atomic E-state index is 0.152.